The summed E-state index contributed by atoms with van der Waals surface area (Å²) in [5.74, 6) is -0.269. The van der Waals surface area contributed by atoms with Crippen molar-refractivity contribution in [3.63, 3.8) is 0 Å². The Kier molecular flexibility index (Phi) is 6.54. The van der Waals surface area contributed by atoms with Gasteiger partial charge in [0.15, 0.2) is 0 Å². The predicted molar refractivity (Wildman–Crippen MR) is 62.1 cm³/mol. The summed E-state index contributed by atoms with van der Waals surface area (Å²) in [5, 5.41) is 2.82. The maximum Gasteiger partial charge on any atom is 0.324 e. The van der Waals surface area contributed by atoms with Gasteiger partial charge >= 0.3 is 5.97 Å². The summed E-state index contributed by atoms with van der Waals surface area (Å²) in [4.78, 5) is 13.0. The smallest absolute Gasteiger partial charge is 0.324 e. The van der Waals surface area contributed by atoms with Crippen molar-refractivity contribution in [2.24, 2.45) is 0 Å². The molecule has 0 aliphatic rings. The highest BCUT2D eigenvalue weighted by Crippen LogP contribution is 1.93. The van der Waals surface area contributed by atoms with E-state index in [1.807, 2.05) is 0 Å². The van der Waals surface area contributed by atoms with Gasteiger partial charge in [0.1, 0.15) is 15.9 Å². The Morgan fingerprint density at radius 1 is 1.50 bits per heavy atom. The number of methoxy groups -OCH3 is 1. The Morgan fingerprint density at radius 2 is 2.06 bits per heavy atom. The Hall–Kier alpha value is -0.660. The highest BCUT2D eigenvalue weighted by atomic mass is 32.2. The Balaban J connectivity index is 4.11. The van der Waals surface area contributed by atoms with Gasteiger partial charge in [0.25, 0.3) is 0 Å². The minimum absolute atomic E-state index is 0.0844. The molecule has 0 aromatic carbocycles. The molecule has 0 bridgehead atoms. The molecule has 96 valence electrons. The number of carbonyl (C=O) groups excluding carboxylic acids is 1. The Bertz CT molecular complexity index is 315. The molecule has 0 rings (SSSR count). The maximum absolute atomic E-state index is 11.3. The average Bonchev–Trinajstić information content (AvgIpc) is 2.21. The van der Waals surface area contributed by atoms with Gasteiger partial charge in [-0.15, -0.1) is 0 Å². The lowest BCUT2D eigenvalue weighted by atomic mass is 10.3. The third-order valence-corrected chi connectivity index (χ3v) is 3.10. The van der Waals surface area contributed by atoms with E-state index < -0.39 is 15.9 Å². The summed E-state index contributed by atoms with van der Waals surface area (Å²) in [6.45, 7) is 0.812. The van der Waals surface area contributed by atoms with E-state index in [9.17, 15) is 13.2 Å². The molecular formula is C9H20N2O4S. The van der Waals surface area contributed by atoms with Gasteiger partial charge in [0.05, 0.1) is 12.9 Å². The van der Waals surface area contributed by atoms with Crippen molar-refractivity contribution in [3.05, 3.63) is 0 Å². The normalized spacial score (nSPS) is 13.8. The predicted octanol–water partition coefficient (Wildman–Crippen LogP) is -1.28. The van der Waals surface area contributed by atoms with Crippen molar-refractivity contribution in [2.45, 2.75) is 6.04 Å². The van der Waals surface area contributed by atoms with Crippen LogP contribution in [-0.4, -0.2) is 71.6 Å². The summed E-state index contributed by atoms with van der Waals surface area (Å²) in [6, 6.07) is -0.436. The number of sulfone groups is 1. The minimum atomic E-state index is -2.97. The minimum Gasteiger partial charge on any atom is -0.468 e. The van der Waals surface area contributed by atoms with Crippen LogP contribution in [0.2, 0.25) is 0 Å². The monoisotopic (exact) mass is 252 g/mol. The van der Waals surface area contributed by atoms with Crippen LogP contribution >= 0.6 is 0 Å². The van der Waals surface area contributed by atoms with E-state index in [1.54, 1.807) is 19.0 Å². The first-order valence-electron chi connectivity index (χ1n) is 4.91. The van der Waals surface area contributed by atoms with Crippen LogP contribution in [0.15, 0.2) is 0 Å². The molecule has 0 heterocycles. The Labute approximate surface area is 96.9 Å². The van der Waals surface area contributed by atoms with E-state index in [-0.39, 0.29) is 11.7 Å². The van der Waals surface area contributed by atoms with Crippen molar-refractivity contribution in [2.75, 3.05) is 46.3 Å². The Morgan fingerprint density at radius 3 is 2.44 bits per heavy atom. The second-order valence-electron chi connectivity index (χ2n) is 3.76. The molecule has 6 nitrogen and oxygen atoms in total. The van der Waals surface area contributed by atoms with Crippen molar-refractivity contribution in [3.8, 4) is 0 Å². The van der Waals surface area contributed by atoms with Crippen LogP contribution in [0.5, 0.6) is 0 Å². The molecule has 0 radical (unpaired) electrons. The van der Waals surface area contributed by atoms with E-state index in [4.69, 9.17) is 0 Å². The number of esters is 1. The fourth-order valence-electron chi connectivity index (χ4n) is 1.15. The first kappa shape index (κ1) is 15.3. The molecular weight excluding hydrogens is 232 g/mol. The fourth-order valence-corrected chi connectivity index (χ4v) is 1.79. The molecule has 0 aliphatic carbocycles. The summed E-state index contributed by atoms with van der Waals surface area (Å²) in [6.07, 6.45) is 1.19. The van der Waals surface area contributed by atoms with Crippen LogP contribution in [0.4, 0.5) is 0 Å². The molecule has 0 spiro atoms. The molecule has 0 amide bonds. The lowest BCUT2D eigenvalue weighted by molar-refractivity contribution is -0.143. The van der Waals surface area contributed by atoms with E-state index in [1.165, 1.54) is 13.4 Å². The zero-order valence-electron chi connectivity index (χ0n) is 10.2. The third-order valence-electron chi connectivity index (χ3n) is 2.17. The van der Waals surface area contributed by atoms with E-state index in [2.05, 4.69) is 10.1 Å². The standard InChI is InChI=1S/C9H20N2O4S/c1-10-8(9(12)15-3)7-11(2)5-6-16(4,13)14/h8,10H,5-7H2,1-4H3. The molecule has 1 atom stereocenters. The quantitative estimate of drug-likeness (QED) is 0.569. The van der Waals surface area contributed by atoms with Crippen molar-refractivity contribution in [1.82, 2.24) is 10.2 Å². The largest absolute Gasteiger partial charge is 0.468 e. The fraction of sp³-hybridized carbons (Fsp3) is 0.889. The van der Waals surface area contributed by atoms with Crippen LogP contribution in [0.25, 0.3) is 0 Å². The number of carbonyl (C=O) groups is 1. The lowest BCUT2D eigenvalue weighted by Crippen LogP contribution is -2.45. The molecule has 0 fully saturated rings. The summed E-state index contributed by atoms with van der Waals surface area (Å²) in [7, 11) is 1.78. The molecule has 0 aromatic rings. The molecule has 0 aromatic heterocycles. The van der Waals surface area contributed by atoms with E-state index in [0.717, 1.165) is 0 Å². The zero-order valence-corrected chi connectivity index (χ0v) is 11.0. The number of nitrogens with zero attached hydrogens (tertiary/aromatic N) is 1. The van der Waals surface area contributed by atoms with Gasteiger partial charge in [-0.3, -0.25) is 4.79 Å². The molecule has 0 aliphatic heterocycles. The van der Waals surface area contributed by atoms with Crippen LogP contribution in [0.1, 0.15) is 0 Å². The third kappa shape index (κ3) is 6.76. The summed E-state index contributed by atoms with van der Waals surface area (Å²) >= 11 is 0. The second kappa shape index (κ2) is 6.82. The van der Waals surface area contributed by atoms with Crippen LogP contribution in [0.3, 0.4) is 0 Å². The molecule has 7 heteroatoms. The number of hydrogen-bond acceptors (Lipinski definition) is 6. The molecule has 16 heavy (non-hydrogen) atoms. The van der Waals surface area contributed by atoms with E-state index >= 15 is 0 Å². The highest BCUT2D eigenvalue weighted by molar-refractivity contribution is 7.90. The van der Waals surface area contributed by atoms with Crippen LogP contribution < -0.4 is 5.32 Å². The van der Waals surface area contributed by atoms with Crippen molar-refractivity contribution in [1.29, 1.82) is 0 Å². The van der Waals surface area contributed by atoms with Gasteiger partial charge in [-0.1, -0.05) is 0 Å². The average molecular weight is 252 g/mol. The first-order valence-corrected chi connectivity index (χ1v) is 6.97. The van der Waals surface area contributed by atoms with Crippen molar-refractivity contribution >= 4 is 15.8 Å². The molecule has 0 saturated carbocycles. The van der Waals surface area contributed by atoms with Crippen molar-refractivity contribution < 1.29 is 17.9 Å². The van der Waals surface area contributed by atoms with Gasteiger partial charge in [-0.05, 0) is 14.1 Å². The first-order chi connectivity index (χ1) is 7.30. The SMILES string of the molecule is CNC(CN(C)CCS(C)(=O)=O)C(=O)OC. The summed E-state index contributed by atoms with van der Waals surface area (Å²) < 4.78 is 26.5. The zero-order chi connectivity index (χ0) is 12.8. The van der Waals surface area contributed by atoms with E-state index in [0.29, 0.717) is 13.1 Å². The van der Waals surface area contributed by atoms with Gasteiger partial charge in [0.2, 0.25) is 0 Å². The molecule has 1 N–H and O–H groups in total. The number of ether oxygens (including phenoxy) is 1. The number of hydrogen-bond donors (Lipinski definition) is 1. The topological polar surface area (TPSA) is 75.7 Å². The second-order valence-corrected chi connectivity index (χ2v) is 6.02. The number of rotatable bonds is 7. The highest BCUT2D eigenvalue weighted by Gasteiger charge is 2.19. The molecule has 0 saturated heterocycles. The maximum atomic E-state index is 11.3. The van der Waals surface area contributed by atoms with Gasteiger partial charge in [-0.2, -0.15) is 0 Å². The van der Waals surface area contributed by atoms with Gasteiger partial charge in [-0.25, -0.2) is 8.42 Å². The molecule has 1 unspecified atom stereocenters. The summed E-state index contributed by atoms with van der Waals surface area (Å²) in [5.41, 5.74) is 0. The van der Waals surface area contributed by atoms with Crippen LogP contribution in [-0.2, 0) is 19.4 Å². The number of nitrogens with one attached hydrogen (secondary N) is 1. The van der Waals surface area contributed by atoms with Gasteiger partial charge < -0.3 is 15.0 Å². The number of likely N-dealkylation sites (N-methyl/N-ethyl adjacent to an activating group) is 2. The lowest BCUT2D eigenvalue weighted by Gasteiger charge is -2.21. The van der Waals surface area contributed by atoms with Gasteiger partial charge in [0, 0.05) is 19.3 Å². The van der Waals surface area contributed by atoms with Crippen LogP contribution in [0, 0.1) is 0 Å².